The third-order valence-electron chi connectivity index (χ3n) is 4.58. The van der Waals surface area contributed by atoms with E-state index in [1.54, 1.807) is 24.4 Å². The van der Waals surface area contributed by atoms with Crippen LogP contribution in [0.25, 0.3) is 11.0 Å². The molecule has 4 aromatic rings. The van der Waals surface area contributed by atoms with E-state index in [0.717, 1.165) is 18.4 Å². The average molecular weight is 386 g/mol. The molecule has 29 heavy (non-hydrogen) atoms. The van der Waals surface area contributed by atoms with Gasteiger partial charge >= 0.3 is 5.97 Å². The van der Waals surface area contributed by atoms with Crippen LogP contribution >= 0.6 is 0 Å². The molecule has 0 bridgehead atoms. The molecule has 0 aliphatic carbocycles. The number of H-pyrrole nitrogens is 1. The van der Waals surface area contributed by atoms with Gasteiger partial charge in [0.05, 0.1) is 16.6 Å². The number of carbonyl (C=O) groups excluding carboxylic acids is 1. The van der Waals surface area contributed by atoms with Crippen molar-refractivity contribution in [3.8, 4) is 0 Å². The minimum absolute atomic E-state index is 0.0730. The minimum atomic E-state index is -1.07. The predicted molar refractivity (Wildman–Crippen MR) is 109 cm³/mol. The van der Waals surface area contributed by atoms with Crippen molar-refractivity contribution in [2.75, 3.05) is 5.32 Å². The molecule has 0 radical (unpaired) electrons. The Bertz CT molecular complexity index is 1190. The standard InChI is InChI=1S/C22H18N4O3/c27-20(26-22-24-18-8-4-7-17(21(28)29)19(18)25-22)16-11-15(12-23-13-16)10-9-14-5-2-1-3-6-14/h1-8,11-13H,9-10H2,(H,28,29)(H2,24,25,26,27). The molecule has 0 spiro atoms. The van der Waals surface area contributed by atoms with Crippen LogP contribution in [-0.4, -0.2) is 31.9 Å². The first-order valence-corrected chi connectivity index (χ1v) is 9.11. The Hall–Kier alpha value is -4.00. The third kappa shape index (κ3) is 4.14. The lowest BCUT2D eigenvalue weighted by Crippen LogP contribution is -2.13. The maximum absolute atomic E-state index is 12.6. The summed E-state index contributed by atoms with van der Waals surface area (Å²) in [6, 6.07) is 16.7. The van der Waals surface area contributed by atoms with Crippen LogP contribution in [0.1, 0.15) is 31.8 Å². The Morgan fingerprint density at radius 2 is 1.76 bits per heavy atom. The second-order valence-corrected chi connectivity index (χ2v) is 6.61. The Kier molecular flexibility index (Phi) is 5.03. The van der Waals surface area contributed by atoms with Gasteiger partial charge in [0.1, 0.15) is 5.52 Å². The Morgan fingerprint density at radius 3 is 2.55 bits per heavy atom. The molecule has 144 valence electrons. The number of carboxylic acid groups (broad SMARTS) is 1. The van der Waals surface area contributed by atoms with E-state index in [1.165, 1.54) is 17.8 Å². The lowest BCUT2D eigenvalue weighted by Gasteiger charge is -2.05. The molecular formula is C22H18N4O3. The van der Waals surface area contributed by atoms with Crippen molar-refractivity contribution < 1.29 is 14.7 Å². The first-order chi connectivity index (χ1) is 14.1. The number of anilines is 1. The number of para-hydroxylation sites is 1. The SMILES string of the molecule is O=C(Nc1nc2c(C(=O)O)cccc2[nH]1)c1cncc(CCc2ccccc2)c1. The molecule has 0 unspecified atom stereocenters. The maximum Gasteiger partial charge on any atom is 0.337 e. The van der Waals surface area contributed by atoms with E-state index in [-0.39, 0.29) is 17.4 Å². The van der Waals surface area contributed by atoms with Gasteiger partial charge in [-0.2, -0.15) is 0 Å². The van der Waals surface area contributed by atoms with Crippen LogP contribution in [0.3, 0.4) is 0 Å². The number of rotatable bonds is 6. The fourth-order valence-corrected chi connectivity index (χ4v) is 3.13. The first kappa shape index (κ1) is 18.4. The summed E-state index contributed by atoms with van der Waals surface area (Å²) in [4.78, 5) is 35.2. The summed E-state index contributed by atoms with van der Waals surface area (Å²) >= 11 is 0. The fraction of sp³-hybridized carbons (Fsp3) is 0.0909. The second kappa shape index (κ2) is 7.93. The zero-order valence-corrected chi connectivity index (χ0v) is 15.4. The number of hydrogen-bond donors (Lipinski definition) is 3. The summed E-state index contributed by atoms with van der Waals surface area (Å²) < 4.78 is 0. The lowest BCUT2D eigenvalue weighted by atomic mass is 10.0. The van der Waals surface area contributed by atoms with E-state index in [4.69, 9.17) is 0 Å². The minimum Gasteiger partial charge on any atom is -0.478 e. The topological polar surface area (TPSA) is 108 Å². The van der Waals surface area contributed by atoms with E-state index >= 15 is 0 Å². The fourth-order valence-electron chi connectivity index (χ4n) is 3.13. The van der Waals surface area contributed by atoms with Crippen molar-refractivity contribution in [3.05, 3.63) is 89.2 Å². The highest BCUT2D eigenvalue weighted by Gasteiger charge is 2.15. The number of imidazole rings is 1. The van der Waals surface area contributed by atoms with Gasteiger partial charge in [0.2, 0.25) is 5.95 Å². The van der Waals surface area contributed by atoms with Gasteiger partial charge < -0.3 is 10.1 Å². The van der Waals surface area contributed by atoms with Crippen LogP contribution in [0.4, 0.5) is 5.95 Å². The number of carbonyl (C=O) groups is 2. The van der Waals surface area contributed by atoms with Crippen LogP contribution in [0.15, 0.2) is 67.0 Å². The lowest BCUT2D eigenvalue weighted by molar-refractivity contribution is 0.0698. The molecule has 3 N–H and O–H groups in total. The normalized spacial score (nSPS) is 10.8. The molecule has 0 aliphatic rings. The molecule has 0 saturated heterocycles. The largest absolute Gasteiger partial charge is 0.478 e. The van der Waals surface area contributed by atoms with Crippen LogP contribution in [0, 0.1) is 0 Å². The number of hydrogen-bond acceptors (Lipinski definition) is 4. The molecule has 0 atom stereocenters. The summed E-state index contributed by atoms with van der Waals surface area (Å²) in [5.74, 6) is -1.25. The number of aryl methyl sites for hydroxylation is 2. The predicted octanol–water partition coefficient (Wildman–Crippen LogP) is 3.69. The highest BCUT2D eigenvalue weighted by molar-refractivity contribution is 6.05. The molecular weight excluding hydrogens is 368 g/mol. The van der Waals surface area contributed by atoms with Crippen LogP contribution in [0.5, 0.6) is 0 Å². The molecule has 2 aromatic carbocycles. The van der Waals surface area contributed by atoms with Crippen molar-refractivity contribution in [1.82, 2.24) is 15.0 Å². The first-order valence-electron chi connectivity index (χ1n) is 9.11. The molecule has 4 rings (SSSR count). The van der Waals surface area contributed by atoms with Gasteiger partial charge in [0.15, 0.2) is 0 Å². The summed E-state index contributed by atoms with van der Waals surface area (Å²) in [6.07, 6.45) is 4.87. The zero-order chi connectivity index (χ0) is 20.2. The van der Waals surface area contributed by atoms with E-state index in [1.807, 2.05) is 18.2 Å². The number of fused-ring (bicyclic) bond motifs is 1. The second-order valence-electron chi connectivity index (χ2n) is 6.61. The van der Waals surface area contributed by atoms with Crippen molar-refractivity contribution in [3.63, 3.8) is 0 Å². The van der Waals surface area contributed by atoms with Crippen molar-refractivity contribution >= 4 is 28.9 Å². The summed E-state index contributed by atoms with van der Waals surface area (Å²) in [5.41, 5.74) is 3.50. The van der Waals surface area contributed by atoms with Crippen molar-refractivity contribution in [1.29, 1.82) is 0 Å². The molecule has 1 amide bonds. The highest BCUT2D eigenvalue weighted by Crippen LogP contribution is 2.19. The number of benzene rings is 2. The monoisotopic (exact) mass is 386 g/mol. The number of aromatic carboxylic acids is 1. The molecule has 2 heterocycles. The van der Waals surface area contributed by atoms with E-state index < -0.39 is 5.97 Å². The van der Waals surface area contributed by atoms with Gasteiger partial charge in [-0.25, -0.2) is 9.78 Å². The van der Waals surface area contributed by atoms with E-state index in [0.29, 0.717) is 16.6 Å². The maximum atomic E-state index is 12.6. The summed E-state index contributed by atoms with van der Waals surface area (Å²) in [6.45, 7) is 0. The van der Waals surface area contributed by atoms with Gasteiger partial charge in [-0.1, -0.05) is 36.4 Å². The number of nitrogens with zero attached hydrogens (tertiary/aromatic N) is 2. The molecule has 0 fully saturated rings. The number of nitrogens with one attached hydrogen (secondary N) is 2. The molecule has 7 nitrogen and oxygen atoms in total. The smallest absolute Gasteiger partial charge is 0.337 e. The van der Waals surface area contributed by atoms with Gasteiger partial charge in [0, 0.05) is 12.4 Å². The molecule has 2 aromatic heterocycles. The number of pyridine rings is 1. The molecule has 7 heteroatoms. The third-order valence-corrected chi connectivity index (χ3v) is 4.58. The van der Waals surface area contributed by atoms with Crippen LogP contribution in [0.2, 0.25) is 0 Å². The molecule has 0 aliphatic heterocycles. The Balaban J connectivity index is 1.49. The number of carboxylic acids is 1. The Labute approximate surface area is 166 Å². The number of aromatic nitrogens is 3. The van der Waals surface area contributed by atoms with Crippen molar-refractivity contribution in [2.24, 2.45) is 0 Å². The van der Waals surface area contributed by atoms with Gasteiger partial charge in [-0.3, -0.25) is 15.1 Å². The quantitative estimate of drug-likeness (QED) is 0.468. The number of aromatic amines is 1. The van der Waals surface area contributed by atoms with Gasteiger partial charge in [-0.15, -0.1) is 0 Å². The molecule has 0 saturated carbocycles. The highest BCUT2D eigenvalue weighted by atomic mass is 16.4. The van der Waals surface area contributed by atoms with Crippen molar-refractivity contribution in [2.45, 2.75) is 12.8 Å². The van der Waals surface area contributed by atoms with Gasteiger partial charge in [-0.05, 0) is 42.2 Å². The van der Waals surface area contributed by atoms with Crippen LogP contribution < -0.4 is 5.32 Å². The zero-order valence-electron chi connectivity index (χ0n) is 15.4. The van der Waals surface area contributed by atoms with Gasteiger partial charge in [0.25, 0.3) is 5.91 Å². The average Bonchev–Trinajstić information content (AvgIpc) is 3.15. The summed E-state index contributed by atoms with van der Waals surface area (Å²) in [5, 5.41) is 11.9. The number of amides is 1. The van der Waals surface area contributed by atoms with E-state index in [9.17, 15) is 14.7 Å². The Morgan fingerprint density at radius 1 is 0.966 bits per heavy atom. The van der Waals surface area contributed by atoms with Crippen LogP contribution in [-0.2, 0) is 12.8 Å². The van der Waals surface area contributed by atoms with E-state index in [2.05, 4.69) is 32.4 Å². The summed E-state index contributed by atoms with van der Waals surface area (Å²) in [7, 11) is 0.